The van der Waals surface area contributed by atoms with E-state index in [1.165, 1.54) is 37.5 Å². The molecule has 218 valence electrons. The number of hydrogen-bond acceptors (Lipinski definition) is 6. The number of unbranched alkanes of at least 4 members (excludes halogenated alkanes) is 1. The first-order chi connectivity index (χ1) is 18.0. The second-order valence-corrected chi connectivity index (χ2v) is 9.17. The monoisotopic (exact) mass is 583 g/mol. The molecule has 2 rings (SSSR count). The molecule has 1 amide bonds. The second-order valence-electron chi connectivity index (χ2n) is 8.14. The van der Waals surface area contributed by atoms with Crippen LogP contribution in [0.25, 0.3) is 0 Å². The van der Waals surface area contributed by atoms with Gasteiger partial charge in [0.15, 0.2) is 17.5 Å². The third-order valence-corrected chi connectivity index (χ3v) is 5.34. The summed E-state index contributed by atoms with van der Waals surface area (Å²) in [4.78, 5) is 12.2. The molecule has 0 saturated carbocycles. The van der Waals surface area contributed by atoms with E-state index in [1.54, 1.807) is 21.1 Å². The summed E-state index contributed by atoms with van der Waals surface area (Å²) in [5.74, 6) is -4.22. The van der Waals surface area contributed by atoms with E-state index in [9.17, 15) is 18.0 Å². The van der Waals surface area contributed by atoms with Crippen LogP contribution in [0.4, 0.5) is 18.9 Å². The van der Waals surface area contributed by atoms with Crippen LogP contribution in [0, 0.1) is 23.4 Å². The fourth-order valence-corrected chi connectivity index (χ4v) is 3.06. The average Bonchev–Trinajstić information content (AvgIpc) is 2.87. The van der Waals surface area contributed by atoms with E-state index in [4.69, 9.17) is 30.7 Å². The second kappa shape index (κ2) is 24.2. The first kappa shape index (κ1) is 38.3. The molecule has 0 aromatic heterocycles. The lowest BCUT2D eigenvalue weighted by molar-refractivity contribution is 0.102. The van der Waals surface area contributed by atoms with Gasteiger partial charge in [-0.05, 0) is 37.5 Å². The Hall–Kier alpha value is -1.82. The van der Waals surface area contributed by atoms with Crippen molar-refractivity contribution < 1.29 is 37.1 Å². The molecule has 2 aromatic rings. The van der Waals surface area contributed by atoms with Gasteiger partial charge >= 0.3 is 0 Å². The Morgan fingerprint density at radius 3 is 1.95 bits per heavy atom. The summed E-state index contributed by atoms with van der Waals surface area (Å²) in [5.41, 5.74) is -0.120. The number of benzene rings is 2. The topological polar surface area (TPSA) is 88.0 Å². The predicted molar refractivity (Wildman–Crippen MR) is 150 cm³/mol. The minimum atomic E-state index is -1.61. The number of hydrogen-bond donors (Lipinski definition) is 3. The molecule has 38 heavy (non-hydrogen) atoms. The number of carbonyl (C=O) groups is 1. The van der Waals surface area contributed by atoms with Gasteiger partial charge in [0.05, 0.1) is 9.92 Å². The van der Waals surface area contributed by atoms with Crippen molar-refractivity contribution in [2.75, 3.05) is 39.4 Å². The highest BCUT2D eigenvalue weighted by molar-refractivity contribution is 7.93. The van der Waals surface area contributed by atoms with Crippen molar-refractivity contribution in [3.63, 3.8) is 0 Å². The largest absolute Gasteiger partial charge is 0.397 e. The van der Waals surface area contributed by atoms with Crippen LogP contribution < -0.4 is 5.32 Å². The first-order valence-corrected chi connectivity index (χ1v) is 13.3. The number of ether oxygens (including phenoxy) is 2. The Bertz CT molecular complexity index is 880. The number of anilines is 1. The standard InChI is InChI=1S/C13H7ClF3NO2S.C7H16.C5H12O2.C2H6O/c14-8-2-1-6(3-11(8)21-20)13(19)18-7-4-9(15)12(17)10(16)5-7;1-4-5-6-7(2)3;1-6-4-3-5-7-2;1-2-3/h1-5,20H,(H,18,19);7H,4-6H2,1-3H3;3-5H2,1-2H3;3H,2H2,1H3. The van der Waals surface area contributed by atoms with E-state index in [1.807, 2.05) is 0 Å². The predicted octanol–water partition coefficient (Wildman–Crippen LogP) is 8.08. The SMILES string of the molecule is CCCCC(C)C.CCO.COCCCOC.O=C(Nc1cc(F)c(F)c(F)c1)c1ccc(Cl)c(SO)c1. The molecule has 0 saturated heterocycles. The van der Waals surface area contributed by atoms with Crippen LogP contribution in [0.15, 0.2) is 35.2 Å². The summed E-state index contributed by atoms with van der Waals surface area (Å²) in [7, 11) is 3.38. The lowest BCUT2D eigenvalue weighted by atomic mass is 10.1. The quantitative estimate of drug-likeness (QED) is 0.149. The van der Waals surface area contributed by atoms with Crippen LogP contribution in [0.2, 0.25) is 5.02 Å². The summed E-state index contributed by atoms with van der Waals surface area (Å²) in [6.07, 6.45) is 5.14. The van der Waals surface area contributed by atoms with Gasteiger partial charge in [0.25, 0.3) is 5.91 Å². The highest BCUT2D eigenvalue weighted by atomic mass is 35.5. The normalized spacial score (nSPS) is 9.92. The number of carbonyl (C=O) groups excluding carboxylic acids is 1. The van der Waals surface area contributed by atoms with Gasteiger partial charge < -0.3 is 24.4 Å². The smallest absolute Gasteiger partial charge is 0.255 e. The van der Waals surface area contributed by atoms with Crippen LogP contribution in [-0.4, -0.2) is 49.6 Å². The average molecular weight is 584 g/mol. The Balaban J connectivity index is 0. The van der Waals surface area contributed by atoms with Gasteiger partial charge in [0, 0.05) is 69.5 Å². The highest BCUT2D eigenvalue weighted by Crippen LogP contribution is 2.26. The van der Waals surface area contributed by atoms with Crippen molar-refractivity contribution >= 4 is 35.2 Å². The third kappa shape index (κ3) is 18.4. The minimum Gasteiger partial charge on any atom is -0.397 e. The van der Waals surface area contributed by atoms with E-state index in [0.29, 0.717) is 24.2 Å². The fourth-order valence-electron chi connectivity index (χ4n) is 2.51. The lowest BCUT2D eigenvalue weighted by Gasteiger charge is -2.08. The number of rotatable bonds is 10. The molecule has 0 atom stereocenters. The van der Waals surface area contributed by atoms with E-state index in [-0.39, 0.29) is 27.8 Å². The van der Waals surface area contributed by atoms with E-state index >= 15 is 0 Å². The molecular weight excluding hydrogens is 543 g/mol. The molecule has 6 nitrogen and oxygen atoms in total. The third-order valence-electron chi connectivity index (χ3n) is 4.37. The van der Waals surface area contributed by atoms with Crippen LogP contribution in [0.3, 0.4) is 0 Å². The molecule has 0 fully saturated rings. The summed E-state index contributed by atoms with van der Waals surface area (Å²) in [6.45, 7) is 10.3. The lowest BCUT2D eigenvalue weighted by Crippen LogP contribution is -2.12. The summed E-state index contributed by atoms with van der Waals surface area (Å²) < 4.78 is 57.4. The number of halogens is 4. The molecule has 3 N–H and O–H groups in total. The molecule has 0 aliphatic carbocycles. The molecule has 0 bridgehead atoms. The zero-order valence-corrected chi connectivity index (χ0v) is 24.5. The maximum Gasteiger partial charge on any atom is 0.255 e. The van der Waals surface area contributed by atoms with E-state index in [2.05, 4.69) is 26.1 Å². The number of nitrogens with one attached hydrogen (secondary N) is 1. The maximum absolute atomic E-state index is 13.0. The minimum absolute atomic E-state index is 0.112. The molecule has 0 aliphatic rings. The zero-order chi connectivity index (χ0) is 29.5. The van der Waals surface area contributed by atoms with Crippen molar-refractivity contribution in [1.82, 2.24) is 0 Å². The molecule has 0 aliphatic heterocycles. The Labute approximate surface area is 234 Å². The van der Waals surface area contributed by atoms with Crippen molar-refractivity contribution in [3.05, 3.63) is 58.4 Å². The maximum atomic E-state index is 13.0. The van der Waals surface area contributed by atoms with Crippen LogP contribution in [0.1, 0.15) is 63.7 Å². The summed E-state index contributed by atoms with van der Waals surface area (Å²) in [6, 6.07) is 5.38. The number of amides is 1. The molecule has 0 spiro atoms. The van der Waals surface area contributed by atoms with Crippen LogP contribution in [0.5, 0.6) is 0 Å². The molecule has 11 heteroatoms. The van der Waals surface area contributed by atoms with Crippen LogP contribution >= 0.6 is 23.6 Å². The number of aliphatic hydroxyl groups excluding tert-OH is 1. The number of aliphatic hydroxyl groups is 1. The summed E-state index contributed by atoms with van der Waals surface area (Å²) >= 11 is 6.13. The molecule has 0 radical (unpaired) electrons. The van der Waals surface area contributed by atoms with Crippen molar-refractivity contribution in [1.29, 1.82) is 0 Å². The van der Waals surface area contributed by atoms with Gasteiger partial charge in [-0.3, -0.25) is 4.79 Å². The van der Waals surface area contributed by atoms with Gasteiger partial charge in [-0.2, -0.15) is 0 Å². The highest BCUT2D eigenvalue weighted by Gasteiger charge is 2.14. The first-order valence-electron chi connectivity index (χ1n) is 12.2. The van der Waals surface area contributed by atoms with Gasteiger partial charge in [-0.1, -0.05) is 51.6 Å². The number of methoxy groups -OCH3 is 2. The van der Waals surface area contributed by atoms with Crippen molar-refractivity contribution in [2.24, 2.45) is 5.92 Å². The van der Waals surface area contributed by atoms with Gasteiger partial charge in [-0.25, -0.2) is 13.2 Å². The fraction of sp³-hybridized carbons (Fsp3) is 0.519. The van der Waals surface area contributed by atoms with Crippen molar-refractivity contribution in [2.45, 2.75) is 58.3 Å². The van der Waals surface area contributed by atoms with E-state index < -0.39 is 23.4 Å². The molecule has 0 unspecified atom stereocenters. The molecular formula is C27H41ClF3NO5S. The van der Waals surface area contributed by atoms with E-state index in [0.717, 1.165) is 25.6 Å². The van der Waals surface area contributed by atoms with Crippen molar-refractivity contribution in [3.8, 4) is 0 Å². The van der Waals surface area contributed by atoms with Gasteiger partial charge in [-0.15, -0.1) is 0 Å². The van der Waals surface area contributed by atoms with Gasteiger partial charge in [0.1, 0.15) is 0 Å². The van der Waals surface area contributed by atoms with Gasteiger partial charge in [0.2, 0.25) is 0 Å². The Kier molecular flexibility index (Phi) is 24.4. The van der Waals surface area contributed by atoms with Crippen LogP contribution in [-0.2, 0) is 9.47 Å². The summed E-state index contributed by atoms with van der Waals surface area (Å²) in [5, 5.41) is 10.0. The Morgan fingerprint density at radius 1 is 1.03 bits per heavy atom. The molecule has 2 aromatic carbocycles. The molecule has 0 heterocycles. The zero-order valence-electron chi connectivity index (χ0n) is 23.0. The Morgan fingerprint density at radius 2 is 1.55 bits per heavy atom.